The Kier molecular flexibility index (Phi) is 6.21. The number of H-pyrrole nitrogens is 1. The highest BCUT2D eigenvalue weighted by Crippen LogP contribution is 2.30. The number of hydrogen-bond donors (Lipinski definition) is 2. The molecule has 0 atom stereocenters. The smallest absolute Gasteiger partial charge is 0.347 e. The summed E-state index contributed by atoms with van der Waals surface area (Å²) in [5.74, 6) is -0.518. The average Bonchev–Trinajstić information content (AvgIpc) is 3.34. The molecule has 0 radical (unpaired) electrons. The van der Waals surface area contributed by atoms with Crippen LogP contribution in [0.25, 0.3) is 17.1 Å². The second kappa shape index (κ2) is 9.38. The zero-order valence-corrected chi connectivity index (χ0v) is 17.8. The number of allylic oxidation sites excluding steroid dienone is 1. The molecule has 1 aliphatic heterocycles. The van der Waals surface area contributed by atoms with Crippen LogP contribution in [0.5, 0.6) is 5.75 Å². The van der Waals surface area contributed by atoms with Crippen LogP contribution in [0.15, 0.2) is 66.0 Å². The summed E-state index contributed by atoms with van der Waals surface area (Å²) < 4.78 is 16.5. The maximum absolute atomic E-state index is 13.0. The van der Waals surface area contributed by atoms with Crippen LogP contribution in [0.2, 0.25) is 0 Å². The van der Waals surface area contributed by atoms with Gasteiger partial charge in [0.25, 0.3) is 0 Å². The molecule has 32 heavy (non-hydrogen) atoms. The van der Waals surface area contributed by atoms with E-state index in [-0.39, 0.29) is 23.8 Å². The lowest BCUT2D eigenvalue weighted by atomic mass is 10.1. The Morgan fingerprint density at radius 3 is 2.78 bits per heavy atom. The maximum atomic E-state index is 13.0. The number of pyridine rings is 1. The quantitative estimate of drug-likeness (QED) is 0.312. The van der Waals surface area contributed by atoms with Crippen LogP contribution in [-0.2, 0) is 19.1 Å². The summed E-state index contributed by atoms with van der Waals surface area (Å²) in [7, 11) is 0. The van der Waals surface area contributed by atoms with Crippen LogP contribution in [0.1, 0.15) is 25.8 Å². The van der Waals surface area contributed by atoms with Crippen LogP contribution in [0.3, 0.4) is 0 Å². The highest BCUT2D eigenvalue weighted by molar-refractivity contribution is 6.26. The number of aromatic amines is 1. The van der Waals surface area contributed by atoms with E-state index in [9.17, 15) is 9.59 Å². The van der Waals surface area contributed by atoms with E-state index in [1.54, 1.807) is 55.7 Å². The van der Waals surface area contributed by atoms with Crippen LogP contribution >= 0.6 is 0 Å². The second-order valence-electron chi connectivity index (χ2n) is 7.01. The van der Waals surface area contributed by atoms with E-state index >= 15 is 0 Å². The van der Waals surface area contributed by atoms with E-state index in [0.717, 1.165) is 23.1 Å². The Morgan fingerprint density at radius 1 is 1.22 bits per heavy atom. The molecule has 1 aliphatic rings. The fourth-order valence-electron chi connectivity index (χ4n) is 3.23. The van der Waals surface area contributed by atoms with Crippen molar-refractivity contribution in [2.45, 2.75) is 20.3 Å². The Bertz CT molecular complexity index is 1210. The minimum Gasteiger partial charge on any atom is -0.494 e. The highest BCUT2D eigenvalue weighted by atomic mass is 16.5. The number of hydrogen-bond acceptors (Lipinski definition) is 7. The number of carbonyl (C=O) groups excluding carboxylic acids is 2. The number of ketones is 1. The van der Waals surface area contributed by atoms with Gasteiger partial charge in [-0.2, -0.15) is 0 Å². The third kappa shape index (κ3) is 4.34. The van der Waals surface area contributed by atoms with Crippen molar-refractivity contribution >= 4 is 34.5 Å². The fraction of sp³-hybridized carbons (Fsp3) is 0.208. The molecule has 0 amide bonds. The van der Waals surface area contributed by atoms with Gasteiger partial charge in [0.1, 0.15) is 11.4 Å². The Morgan fingerprint density at radius 2 is 2.03 bits per heavy atom. The number of nitrogens with zero attached hydrogens (tertiary/aromatic N) is 1. The van der Waals surface area contributed by atoms with Gasteiger partial charge in [-0.3, -0.25) is 4.79 Å². The number of aromatic nitrogens is 2. The molecule has 4 rings (SSSR count). The molecule has 3 heterocycles. The first-order chi connectivity index (χ1) is 15.6. The fourth-order valence-corrected chi connectivity index (χ4v) is 3.23. The molecule has 164 valence electrons. The number of rotatable bonds is 8. The molecule has 0 unspecified atom stereocenters. The van der Waals surface area contributed by atoms with Gasteiger partial charge in [0.15, 0.2) is 11.3 Å². The Labute approximate surface area is 184 Å². The van der Waals surface area contributed by atoms with Gasteiger partial charge in [0.2, 0.25) is 11.7 Å². The summed E-state index contributed by atoms with van der Waals surface area (Å²) >= 11 is 0. The molecule has 1 aromatic carbocycles. The lowest BCUT2D eigenvalue weighted by Gasteiger charge is -2.10. The summed E-state index contributed by atoms with van der Waals surface area (Å²) in [6, 6.07) is 10.8. The molecule has 2 aromatic heterocycles. The minimum absolute atomic E-state index is 0.0169. The zero-order valence-electron chi connectivity index (χ0n) is 17.8. The van der Waals surface area contributed by atoms with Gasteiger partial charge in [-0.05, 0) is 55.8 Å². The van der Waals surface area contributed by atoms with Gasteiger partial charge in [-0.1, -0.05) is 6.92 Å². The predicted molar refractivity (Wildman–Crippen MR) is 120 cm³/mol. The Balaban J connectivity index is 1.62. The summed E-state index contributed by atoms with van der Waals surface area (Å²) in [4.78, 5) is 32.8. The third-order valence-corrected chi connectivity index (χ3v) is 4.72. The molecule has 2 N–H and O–H groups in total. The Hall–Kier alpha value is -4.07. The van der Waals surface area contributed by atoms with Crippen LogP contribution < -0.4 is 10.1 Å². The van der Waals surface area contributed by atoms with Crippen molar-refractivity contribution in [1.29, 1.82) is 0 Å². The number of carbonyl (C=O) groups is 2. The topological polar surface area (TPSA) is 103 Å². The molecule has 0 spiro atoms. The summed E-state index contributed by atoms with van der Waals surface area (Å²) in [5.41, 5.74) is 1.86. The highest BCUT2D eigenvalue weighted by Gasteiger charge is 2.37. The second-order valence-corrected chi connectivity index (χ2v) is 7.01. The monoisotopic (exact) mass is 433 g/mol. The van der Waals surface area contributed by atoms with Crippen molar-refractivity contribution in [3.8, 4) is 5.75 Å². The minimum atomic E-state index is -0.744. The molecule has 0 saturated carbocycles. The number of esters is 1. The first-order valence-electron chi connectivity index (χ1n) is 10.4. The van der Waals surface area contributed by atoms with E-state index in [2.05, 4.69) is 15.3 Å². The molecule has 0 aliphatic carbocycles. The van der Waals surface area contributed by atoms with E-state index in [4.69, 9.17) is 14.2 Å². The molecule has 0 bridgehead atoms. The van der Waals surface area contributed by atoms with Gasteiger partial charge in [-0.25, -0.2) is 9.78 Å². The van der Waals surface area contributed by atoms with Crippen LogP contribution in [0.4, 0.5) is 5.69 Å². The standard InChI is InChI=1S/C24H23N3O5/c1-3-12-31-17-9-7-16(8-10-17)27-23-20(24(29)30-4-2)21(28)19(32-23)13-15-14-26-22-18(15)6-5-11-25-22/h5-11,13-14,27H,3-4,12H2,1-2H3,(H,25,26)/b19-13-. The number of fused-ring (bicyclic) bond motifs is 1. The van der Waals surface area contributed by atoms with Crippen molar-refractivity contribution in [1.82, 2.24) is 9.97 Å². The van der Waals surface area contributed by atoms with E-state index < -0.39 is 11.8 Å². The lowest BCUT2D eigenvalue weighted by Crippen LogP contribution is -2.16. The maximum Gasteiger partial charge on any atom is 0.347 e. The lowest BCUT2D eigenvalue weighted by molar-refractivity contribution is -0.139. The molecule has 0 saturated heterocycles. The zero-order chi connectivity index (χ0) is 22.5. The average molecular weight is 433 g/mol. The number of anilines is 1. The molecular formula is C24H23N3O5. The van der Waals surface area contributed by atoms with Crippen molar-refractivity contribution in [3.05, 3.63) is 71.6 Å². The van der Waals surface area contributed by atoms with Crippen molar-refractivity contribution < 1.29 is 23.8 Å². The van der Waals surface area contributed by atoms with E-state index in [1.807, 2.05) is 13.0 Å². The SMILES string of the molecule is CCCOc1ccc(NC2=C(C(=O)OCC)C(=O)/C(=C/c3c[nH]c4ncccc34)O2)cc1. The first kappa shape index (κ1) is 21.2. The molecule has 8 heteroatoms. The normalized spacial score (nSPS) is 14.7. The van der Waals surface area contributed by atoms with Crippen LogP contribution in [0, 0.1) is 0 Å². The van der Waals surface area contributed by atoms with Gasteiger partial charge in [0.05, 0.1) is 13.2 Å². The summed E-state index contributed by atoms with van der Waals surface area (Å²) in [6.45, 7) is 4.47. The number of benzene rings is 1. The van der Waals surface area contributed by atoms with Gasteiger partial charge < -0.3 is 24.5 Å². The van der Waals surface area contributed by atoms with Gasteiger partial charge >= 0.3 is 5.97 Å². The summed E-state index contributed by atoms with van der Waals surface area (Å²) in [5, 5.41) is 3.84. The molecular weight excluding hydrogens is 410 g/mol. The van der Waals surface area contributed by atoms with Crippen molar-refractivity contribution in [2.75, 3.05) is 18.5 Å². The molecule has 3 aromatic rings. The largest absolute Gasteiger partial charge is 0.494 e. The third-order valence-electron chi connectivity index (χ3n) is 4.72. The first-order valence-corrected chi connectivity index (χ1v) is 10.4. The van der Waals surface area contributed by atoms with Crippen LogP contribution in [-0.4, -0.2) is 34.9 Å². The van der Waals surface area contributed by atoms with E-state index in [0.29, 0.717) is 17.9 Å². The van der Waals surface area contributed by atoms with E-state index in [1.165, 1.54) is 0 Å². The van der Waals surface area contributed by atoms with Gasteiger partial charge in [0, 0.05) is 29.0 Å². The van der Waals surface area contributed by atoms with Gasteiger partial charge in [-0.15, -0.1) is 0 Å². The van der Waals surface area contributed by atoms with Crippen molar-refractivity contribution in [2.24, 2.45) is 0 Å². The number of ether oxygens (including phenoxy) is 3. The predicted octanol–water partition coefficient (Wildman–Crippen LogP) is 4.18. The summed E-state index contributed by atoms with van der Waals surface area (Å²) in [6.07, 6.45) is 5.89. The molecule has 8 nitrogen and oxygen atoms in total. The molecule has 0 fully saturated rings. The van der Waals surface area contributed by atoms with Crippen molar-refractivity contribution in [3.63, 3.8) is 0 Å². The number of Topliss-reactive ketones (excluding diaryl/α,β-unsaturated/α-hetero) is 1. The number of nitrogens with one attached hydrogen (secondary N) is 2.